The van der Waals surface area contributed by atoms with E-state index >= 15 is 0 Å². The van der Waals surface area contributed by atoms with Gasteiger partial charge in [0.15, 0.2) is 5.69 Å². The van der Waals surface area contributed by atoms with Crippen molar-refractivity contribution in [3.63, 3.8) is 0 Å². The van der Waals surface area contributed by atoms with E-state index in [-0.39, 0.29) is 23.8 Å². The molecule has 0 aliphatic rings. The summed E-state index contributed by atoms with van der Waals surface area (Å²) in [6.07, 6.45) is 3.46. The van der Waals surface area contributed by atoms with Gasteiger partial charge < -0.3 is 9.84 Å². The second-order valence-electron chi connectivity index (χ2n) is 6.03. The fourth-order valence-corrected chi connectivity index (χ4v) is 2.81. The first kappa shape index (κ1) is 18.3. The Morgan fingerprint density at radius 1 is 1.37 bits per heavy atom. The molecule has 0 fully saturated rings. The van der Waals surface area contributed by atoms with Crippen LogP contribution < -0.4 is 5.32 Å². The number of hydrogen-bond acceptors (Lipinski definition) is 7. The van der Waals surface area contributed by atoms with Crippen molar-refractivity contribution in [3.05, 3.63) is 57.0 Å². The van der Waals surface area contributed by atoms with Gasteiger partial charge in [0.2, 0.25) is 0 Å². The topological polar surface area (TPSA) is 134 Å². The van der Waals surface area contributed by atoms with Gasteiger partial charge in [-0.25, -0.2) is 0 Å². The van der Waals surface area contributed by atoms with E-state index in [0.29, 0.717) is 35.8 Å². The van der Waals surface area contributed by atoms with E-state index in [1.807, 2.05) is 0 Å². The molecule has 11 heteroatoms. The molecule has 27 heavy (non-hydrogen) atoms. The Morgan fingerprint density at radius 3 is 2.78 bits per heavy atom. The van der Waals surface area contributed by atoms with Gasteiger partial charge in [-0.15, -0.1) is 0 Å². The van der Waals surface area contributed by atoms with E-state index in [1.54, 1.807) is 43.9 Å². The van der Waals surface area contributed by atoms with Gasteiger partial charge in [-0.05, 0) is 26.8 Å². The van der Waals surface area contributed by atoms with Crippen LogP contribution in [-0.4, -0.2) is 42.1 Å². The number of hydrogen-bond donors (Lipinski definition) is 1. The van der Waals surface area contributed by atoms with Gasteiger partial charge in [0, 0.05) is 24.5 Å². The van der Waals surface area contributed by atoms with Gasteiger partial charge in [0.05, 0.1) is 18.0 Å². The lowest BCUT2D eigenvalue weighted by Crippen LogP contribution is -2.28. The molecule has 3 aromatic rings. The molecular weight excluding hydrogens is 354 g/mol. The maximum absolute atomic E-state index is 12.5. The van der Waals surface area contributed by atoms with Crippen molar-refractivity contribution in [2.24, 2.45) is 0 Å². The number of carbonyl (C=O) groups excluding carboxylic acids is 1. The minimum atomic E-state index is -0.461. The molecular formula is C16H19N7O4. The molecule has 0 radical (unpaired) electrons. The maximum Gasteiger partial charge on any atom is 0.312 e. The zero-order chi connectivity index (χ0) is 19.6. The van der Waals surface area contributed by atoms with Crippen LogP contribution in [0.3, 0.4) is 0 Å². The standard InChI is InChI=1S/C16H19N7O4/c1-10-15(23(25)26)11(2)22(19-10)9-13-12(3)27-20-14(13)16(24)17-6-8-21-7-4-5-18-21/h4-5,7H,6,8-9H2,1-3H3,(H,17,24). The molecule has 0 aliphatic heterocycles. The molecule has 3 aromatic heterocycles. The van der Waals surface area contributed by atoms with E-state index in [9.17, 15) is 14.9 Å². The molecule has 142 valence electrons. The maximum atomic E-state index is 12.5. The second kappa shape index (κ2) is 7.40. The van der Waals surface area contributed by atoms with Crippen molar-refractivity contribution in [2.75, 3.05) is 6.54 Å². The predicted molar refractivity (Wildman–Crippen MR) is 93.3 cm³/mol. The van der Waals surface area contributed by atoms with Gasteiger partial charge in [-0.1, -0.05) is 5.16 Å². The van der Waals surface area contributed by atoms with E-state index in [2.05, 4.69) is 20.7 Å². The van der Waals surface area contributed by atoms with Crippen LogP contribution in [0.5, 0.6) is 0 Å². The average Bonchev–Trinajstić information content (AvgIpc) is 3.30. The number of carbonyl (C=O) groups is 1. The highest BCUT2D eigenvalue weighted by atomic mass is 16.6. The number of nitrogens with zero attached hydrogens (tertiary/aromatic N) is 6. The van der Waals surface area contributed by atoms with Crippen LogP contribution in [0.1, 0.15) is 33.2 Å². The van der Waals surface area contributed by atoms with Gasteiger partial charge in [0.25, 0.3) is 5.91 Å². The summed E-state index contributed by atoms with van der Waals surface area (Å²) < 4.78 is 8.34. The minimum Gasteiger partial charge on any atom is -0.361 e. The lowest BCUT2D eigenvalue weighted by Gasteiger charge is -2.06. The number of nitro groups is 1. The number of amides is 1. The van der Waals surface area contributed by atoms with Crippen LogP contribution in [0.25, 0.3) is 0 Å². The Bertz CT molecular complexity index is 971. The van der Waals surface area contributed by atoms with Crippen LogP contribution in [0.4, 0.5) is 5.69 Å². The minimum absolute atomic E-state index is 0.0330. The van der Waals surface area contributed by atoms with E-state index in [4.69, 9.17) is 4.52 Å². The molecule has 0 spiro atoms. The van der Waals surface area contributed by atoms with Crippen LogP contribution in [0.15, 0.2) is 23.0 Å². The summed E-state index contributed by atoms with van der Waals surface area (Å²) in [4.78, 5) is 23.2. The fraction of sp³-hybridized carbons (Fsp3) is 0.375. The summed E-state index contributed by atoms with van der Waals surface area (Å²) in [7, 11) is 0. The zero-order valence-electron chi connectivity index (χ0n) is 15.2. The number of aromatic nitrogens is 5. The predicted octanol–water partition coefficient (Wildman–Crippen LogP) is 1.38. The van der Waals surface area contributed by atoms with Crippen molar-refractivity contribution < 1.29 is 14.2 Å². The SMILES string of the molecule is Cc1nn(Cc2c(C(=O)NCCn3cccn3)noc2C)c(C)c1[N+](=O)[O-]. The van der Waals surface area contributed by atoms with Crippen molar-refractivity contribution in [1.82, 2.24) is 30.0 Å². The third-order valence-electron chi connectivity index (χ3n) is 4.22. The molecule has 0 aromatic carbocycles. The lowest BCUT2D eigenvalue weighted by molar-refractivity contribution is -0.386. The Kier molecular flexibility index (Phi) is 5.01. The second-order valence-corrected chi connectivity index (χ2v) is 6.03. The van der Waals surface area contributed by atoms with Gasteiger partial charge in [-0.2, -0.15) is 10.2 Å². The van der Waals surface area contributed by atoms with Crippen LogP contribution >= 0.6 is 0 Å². The highest BCUT2D eigenvalue weighted by Crippen LogP contribution is 2.24. The fourth-order valence-electron chi connectivity index (χ4n) is 2.81. The zero-order valence-corrected chi connectivity index (χ0v) is 15.2. The summed E-state index contributed by atoms with van der Waals surface area (Å²) in [6, 6.07) is 1.80. The molecule has 0 aliphatic carbocycles. The highest BCUT2D eigenvalue weighted by molar-refractivity contribution is 5.93. The summed E-state index contributed by atoms with van der Waals surface area (Å²) in [6.45, 7) is 5.92. The van der Waals surface area contributed by atoms with Gasteiger partial charge >= 0.3 is 5.69 Å². The molecule has 0 atom stereocenters. The van der Waals surface area contributed by atoms with Crippen molar-refractivity contribution >= 4 is 11.6 Å². The first-order valence-corrected chi connectivity index (χ1v) is 8.27. The third-order valence-corrected chi connectivity index (χ3v) is 4.22. The van der Waals surface area contributed by atoms with Gasteiger partial charge in [0.1, 0.15) is 17.1 Å². The molecule has 0 saturated carbocycles. The quantitative estimate of drug-likeness (QED) is 0.488. The van der Waals surface area contributed by atoms with E-state index in [1.165, 1.54) is 4.68 Å². The van der Waals surface area contributed by atoms with E-state index < -0.39 is 4.92 Å². The first-order chi connectivity index (χ1) is 12.9. The molecule has 0 bridgehead atoms. The van der Waals surface area contributed by atoms with Crippen LogP contribution in [0.2, 0.25) is 0 Å². The lowest BCUT2D eigenvalue weighted by atomic mass is 10.2. The Balaban J connectivity index is 1.76. The molecule has 1 N–H and O–H groups in total. The van der Waals surface area contributed by atoms with Crippen molar-refractivity contribution in [3.8, 4) is 0 Å². The molecule has 11 nitrogen and oxygen atoms in total. The average molecular weight is 373 g/mol. The molecule has 1 amide bonds. The summed E-state index contributed by atoms with van der Waals surface area (Å²) >= 11 is 0. The summed E-state index contributed by atoms with van der Waals surface area (Å²) in [5.74, 6) is 0.0764. The largest absolute Gasteiger partial charge is 0.361 e. The van der Waals surface area contributed by atoms with Gasteiger partial charge in [-0.3, -0.25) is 24.3 Å². The Hall–Kier alpha value is -3.50. The van der Waals surface area contributed by atoms with E-state index in [0.717, 1.165) is 0 Å². The molecule has 0 saturated heterocycles. The van der Waals surface area contributed by atoms with Crippen LogP contribution in [0, 0.1) is 30.9 Å². The monoisotopic (exact) mass is 373 g/mol. The number of rotatable bonds is 7. The van der Waals surface area contributed by atoms with Crippen molar-refractivity contribution in [1.29, 1.82) is 0 Å². The number of aryl methyl sites for hydroxylation is 2. The van der Waals surface area contributed by atoms with Crippen LogP contribution in [-0.2, 0) is 13.1 Å². The molecule has 3 rings (SSSR count). The smallest absolute Gasteiger partial charge is 0.312 e. The highest BCUT2D eigenvalue weighted by Gasteiger charge is 2.25. The third kappa shape index (κ3) is 3.71. The van der Waals surface area contributed by atoms with Crippen molar-refractivity contribution in [2.45, 2.75) is 33.9 Å². The normalized spacial score (nSPS) is 10.9. The Morgan fingerprint density at radius 2 is 2.15 bits per heavy atom. The summed E-state index contributed by atoms with van der Waals surface area (Å²) in [5.41, 5.74) is 1.37. The summed E-state index contributed by atoms with van der Waals surface area (Å²) in [5, 5.41) is 26.0. The molecule has 3 heterocycles. The number of nitrogens with one attached hydrogen (secondary N) is 1. The molecule has 0 unspecified atom stereocenters. The Labute approximate surface area is 154 Å². The first-order valence-electron chi connectivity index (χ1n) is 8.27.